The maximum Gasteiger partial charge on any atom is 0.225 e. The molecule has 0 bridgehead atoms. The summed E-state index contributed by atoms with van der Waals surface area (Å²) in [5, 5.41) is 4.81. The second kappa shape index (κ2) is 8.94. The Kier molecular flexibility index (Phi) is 5.87. The van der Waals surface area contributed by atoms with Gasteiger partial charge in [0, 0.05) is 57.1 Å². The van der Waals surface area contributed by atoms with E-state index in [1.807, 2.05) is 30.2 Å². The molecule has 0 N–H and O–H groups in total. The smallest absolute Gasteiger partial charge is 0.225 e. The molecule has 0 unspecified atom stereocenters. The summed E-state index contributed by atoms with van der Waals surface area (Å²) in [4.78, 5) is 13.9. The van der Waals surface area contributed by atoms with Gasteiger partial charge in [-0.2, -0.15) is 5.10 Å². The lowest BCUT2D eigenvalue weighted by atomic mass is 9.91. The van der Waals surface area contributed by atoms with Crippen molar-refractivity contribution in [3.05, 3.63) is 59.6 Å². The molecule has 2 aliphatic rings. The molecular formula is C24H28F2N6. The minimum atomic E-state index is -0.804. The molecule has 0 spiro atoms. The van der Waals surface area contributed by atoms with Gasteiger partial charge < -0.3 is 4.90 Å². The first-order valence-electron chi connectivity index (χ1n) is 11.3. The number of anilines is 1. The highest BCUT2D eigenvalue weighted by Crippen LogP contribution is 2.34. The maximum absolute atomic E-state index is 13.6. The number of likely N-dealkylation sites (tertiary alicyclic amines) is 1. The van der Waals surface area contributed by atoms with E-state index >= 15 is 0 Å². The Morgan fingerprint density at radius 2 is 1.88 bits per heavy atom. The molecule has 32 heavy (non-hydrogen) atoms. The number of hydrogen-bond acceptors (Lipinski definition) is 5. The number of aromatic nitrogens is 4. The van der Waals surface area contributed by atoms with Crippen molar-refractivity contribution in [1.29, 1.82) is 0 Å². The molecule has 0 aliphatic carbocycles. The molecule has 1 atom stereocenters. The molecule has 3 aromatic rings. The Labute approximate surface area is 186 Å². The summed E-state index contributed by atoms with van der Waals surface area (Å²) in [6.45, 7) is 4.37. The molecule has 8 heteroatoms. The van der Waals surface area contributed by atoms with Gasteiger partial charge >= 0.3 is 0 Å². The molecule has 168 valence electrons. The number of nitrogens with zero attached hydrogens (tertiary/aromatic N) is 6. The van der Waals surface area contributed by atoms with Crippen LogP contribution in [0.25, 0.3) is 11.3 Å². The number of benzene rings is 1. The van der Waals surface area contributed by atoms with E-state index in [0.717, 1.165) is 67.5 Å². The minimum absolute atomic E-state index is 0.260. The van der Waals surface area contributed by atoms with Crippen LogP contribution < -0.4 is 4.90 Å². The van der Waals surface area contributed by atoms with E-state index in [1.54, 1.807) is 6.07 Å². The SMILES string of the molecule is Cn1cc(-c2ccnc(N3CCCC3)n2)c([C@H]2CCCN(Cc3ccc(F)c(F)c3)C2)n1. The van der Waals surface area contributed by atoms with E-state index in [2.05, 4.69) is 14.8 Å². The second-order valence-corrected chi connectivity index (χ2v) is 8.86. The molecule has 2 aliphatic heterocycles. The highest BCUT2D eigenvalue weighted by Gasteiger charge is 2.27. The Balaban J connectivity index is 1.37. The summed E-state index contributed by atoms with van der Waals surface area (Å²) in [6, 6.07) is 6.12. The molecule has 0 saturated carbocycles. The molecule has 4 heterocycles. The van der Waals surface area contributed by atoms with Gasteiger partial charge in [0.25, 0.3) is 0 Å². The number of hydrogen-bond donors (Lipinski definition) is 0. The average Bonchev–Trinajstić information content (AvgIpc) is 3.47. The van der Waals surface area contributed by atoms with Crippen LogP contribution in [0.1, 0.15) is 42.9 Å². The third-order valence-electron chi connectivity index (χ3n) is 6.45. The van der Waals surface area contributed by atoms with Crippen LogP contribution in [0.4, 0.5) is 14.7 Å². The summed E-state index contributed by atoms with van der Waals surface area (Å²) in [5.74, 6) is -0.545. The molecule has 2 saturated heterocycles. The molecule has 6 nitrogen and oxygen atoms in total. The van der Waals surface area contributed by atoms with Crippen LogP contribution in [0.2, 0.25) is 0 Å². The Morgan fingerprint density at radius 3 is 2.69 bits per heavy atom. The predicted molar refractivity (Wildman–Crippen MR) is 119 cm³/mol. The molecule has 2 fully saturated rings. The Bertz CT molecular complexity index is 1090. The fourth-order valence-electron chi connectivity index (χ4n) is 4.89. The number of aryl methyl sites for hydroxylation is 1. The van der Waals surface area contributed by atoms with Gasteiger partial charge in [0.2, 0.25) is 5.95 Å². The maximum atomic E-state index is 13.6. The zero-order valence-corrected chi connectivity index (χ0v) is 18.3. The predicted octanol–water partition coefficient (Wildman–Crippen LogP) is 4.14. The number of piperidine rings is 1. The lowest BCUT2D eigenvalue weighted by Gasteiger charge is -2.32. The third kappa shape index (κ3) is 4.37. The van der Waals surface area contributed by atoms with Crippen molar-refractivity contribution < 1.29 is 8.78 Å². The van der Waals surface area contributed by atoms with Crippen molar-refractivity contribution in [3.63, 3.8) is 0 Å². The molecule has 0 radical (unpaired) electrons. The van der Waals surface area contributed by atoms with Crippen LogP contribution in [0.5, 0.6) is 0 Å². The van der Waals surface area contributed by atoms with E-state index in [0.29, 0.717) is 6.54 Å². The highest BCUT2D eigenvalue weighted by atomic mass is 19.2. The molecule has 1 aromatic carbocycles. The van der Waals surface area contributed by atoms with Gasteiger partial charge in [-0.25, -0.2) is 18.7 Å². The zero-order chi connectivity index (χ0) is 22.1. The van der Waals surface area contributed by atoms with Gasteiger partial charge in [-0.1, -0.05) is 6.07 Å². The molecule has 5 rings (SSSR count). The van der Waals surface area contributed by atoms with Crippen LogP contribution in [0, 0.1) is 11.6 Å². The fraction of sp³-hybridized carbons (Fsp3) is 0.458. The zero-order valence-electron chi connectivity index (χ0n) is 18.3. The summed E-state index contributed by atoms with van der Waals surface area (Å²) >= 11 is 0. The van der Waals surface area contributed by atoms with Gasteiger partial charge in [0.1, 0.15) is 0 Å². The van der Waals surface area contributed by atoms with E-state index in [4.69, 9.17) is 10.1 Å². The normalized spacial score (nSPS) is 19.6. The molecular weight excluding hydrogens is 410 g/mol. The fourth-order valence-corrected chi connectivity index (χ4v) is 4.89. The van der Waals surface area contributed by atoms with E-state index in [9.17, 15) is 8.78 Å². The average molecular weight is 439 g/mol. The molecule has 2 aromatic heterocycles. The first-order valence-corrected chi connectivity index (χ1v) is 11.3. The Hall–Kier alpha value is -2.87. The highest BCUT2D eigenvalue weighted by molar-refractivity contribution is 5.63. The molecule has 0 amide bonds. The van der Waals surface area contributed by atoms with E-state index in [-0.39, 0.29) is 5.92 Å². The van der Waals surface area contributed by atoms with E-state index in [1.165, 1.54) is 25.0 Å². The quantitative estimate of drug-likeness (QED) is 0.599. The lowest BCUT2D eigenvalue weighted by molar-refractivity contribution is 0.198. The van der Waals surface area contributed by atoms with Crippen molar-refractivity contribution in [1.82, 2.24) is 24.6 Å². The van der Waals surface area contributed by atoms with Crippen molar-refractivity contribution in [2.45, 2.75) is 38.1 Å². The first kappa shape index (κ1) is 21.0. The summed E-state index contributed by atoms with van der Waals surface area (Å²) in [5.41, 5.74) is 3.79. The lowest BCUT2D eigenvalue weighted by Crippen LogP contribution is -2.34. The van der Waals surface area contributed by atoms with Crippen LogP contribution in [-0.2, 0) is 13.6 Å². The van der Waals surface area contributed by atoms with Crippen molar-refractivity contribution in [2.24, 2.45) is 7.05 Å². The van der Waals surface area contributed by atoms with Crippen LogP contribution in [-0.4, -0.2) is 50.8 Å². The summed E-state index contributed by atoms with van der Waals surface area (Å²) in [6.07, 6.45) is 8.32. The third-order valence-corrected chi connectivity index (χ3v) is 6.45. The topological polar surface area (TPSA) is 50.1 Å². The van der Waals surface area contributed by atoms with Gasteiger partial charge in [0.15, 0.2) is 11.6 Å². The number of halogens is 2. The van der Waals surface area contributed by atoms with Gasteiger partial charge in [0.05, 0.1) is 11.4 Å². The summed E-state index contributed by atoms with van der Waals surface area (Å²) < 4.78 is 28.8. The summed E-state index contributed by atoms with van der Waals surface area (Å²) in [7, 11) is 1.94. The standard InChI is InChI=1S/C24H28F2N6/c1-30-16-19(22-8-9-27-24(28-22)32-11-2-3-12-32)23(29-30)18-5-4-10-31(15-18)14-17-6-7-20(25)21(26)13-17/h6-9,13,16,18H,2-5,10-12,14-15H2,1H3/t18-/m0/s1. The van der Waals surface area contributed by atoms with Crippen molar-refractivity contribution >= 4 is 5.95 Å². The van der Waals surface area contributed by atoms with E-state index < -0.39 is 11.6 Å². The minimum Gasteiger partial charge on any atom is -0.341 e. The van der Waals surface area contributed by atoms with Crippen LogP contribution in [0.3, 0.4) is 0 Å². The van der Waals surface area contributed by atoms with Gasteiger partial charge in [-0.05, 0) is 56.0 Å². The second-order valence-electron chi connectivity index (χ2n) is 8.86. The first-order chi connectivity index (χ1) is 15.6. The van der Waals surface area contributed by atoms with Gasteiger partial charge in [-0.3, -0.25) is 9.58 Å². The van der Waals surface area contributed by atoms with Crippen LogP contribution in [0.15, 0.2) is 36.7 Å². The monoisotopic (exact) mass is 438 g/mol. The largest absolute Gasteiger partial charge is 0.341 e. The van der Waals surface area contributed by atoms with Crippen molar-refractivity contribution in [2.75, 3.05) is 31.1 Å². The Morgan fingerprint density at radius 1 is 1.03 bits per heavy atom. The van der Waals surface area contributed by atoms with Gasteiger partial charge in [-0.15, -0.1) is 0 Å². The van der Waals surface area contributed by atoms with Crippen LogP contribution >= 0.6 is 0 Å². The van der Waals surface area contributed by atoms with Crippen molar-refractivity contribution in [3.8, 4) is 11.3 Å². The number of rotatable bonds is 5.